The third kappa shape index (κ3) is 8.78. The van der Waals surface area contributed by atoms with Crippen molar-refractivity contribution in [3.63, 3.8) is 0 Å². The maximum absolute atomic E-state index is 12.3. The number of ether oxygens (including phenoxy) is 2. The minimum absolute atomic E-state index is 0.196. The van der Waals surface area contributed by atoms with Crippen molar-refractivity contribution in [2.75, 3.05) is 24.3 Å². The summed E-state index contributed by atoms with van der Waals surface area (Å²) in [6, 6.07) is 17.9. The van der Waals surface area contributed by atoms with E-state index in [2.05, 4.69) is 15.8 Å². The number of benzene rings is 3. The molecule has 0 saturated carbocycles. The molecule has 0 aliphatic rings. The van der Waals surface area contributed by atoms with Gasteiger partial charge in [-0.1, -0.05) is 40.9 Å². The standard InChI is InChI=1S/C26H25Cl2N3O4S/c1-3-34-23-13-18(14-29-31-25(33)16-36-21-10-6-19(27)7-11-21)12-22(28)26(23)35-15-24(32)30-20-8-4-17(2)5-9-20/h4-14H,3,15-16H2,1-2H3,(H,30,32)(H,31,33)/b29-14-. The molecule has 10 heteroatoms. The largest absolute Gasteiger partial charge is 0.490 e. The molecule has 0 saturated heterocycles. The summed E-state index contributed by atoms with van der Waals surface area (Å²) in [5, 5.41) is 7.64. The minimum Gasteiger partial charge on any atom is -0.490 e. The van der Waals surface area contributed by atoms with Gasteiger partial charge in [-0.2, -0.15) is 5.10 Å². The van der Waals surface area contributed by atoms with Crippen molar-refractivity contribution in [2.45, 2.75) is 18.7 Å². The van der Waals surface area contributed by atoms with Crippen LogP contribution in [0.2, 0.25) is 10.0 Å². The summed E-state index contributed by atoms with van der Waals surface area (Å²) in [5.74, 6) is 0.211. The maximum Gasteiger partial charge on any atom is 0.262 e. The van der Waals surface area contributed by atoms with Crippen LogP contribution >= 0.6 is 35.0 Å². The number of nitrogens with one attached hydrogen (secondary N) is 2. The first-order valence-electron chi connectivity index (χ1n) is 11.0. The molecule has 7 nitrogen and oxygen atoms in total. The van der Waals surface area contributed by atoms with Crippen LogP contribution in [0.5, 0.6) is 11.5 Å². The van der Waals surface area contributed by atoms with Crippen molar-refractivity contribution >= 4 is 58.7 Å². The summed E-state index contributed by atoms with van der Waals surface area (Å²) < 4.78 is 11.3. The topological polar surface area (TPSA) is 89.0 Å². The highest BCUT2D eigenvalue weighted by Gasteiger charge is 2.14. The minimum atomic E-state index is -0.331. The van der Waals surface area contributed by atoms with E-state index in [1.54, 1.807) is 24.3 Å². The fourth-order valence-electron chi connectivity index (χ4n) is 2.93. The summed E-state index contributed by atoms with van der Waals surface area (Å²) in [6.07, 6.45) is 1.45. The number of rotatable bonds is 11. The lowest BCUT2D eigenvalue weighted by molar-refractivity contribution is -0.119. The van der Waals surface area contributed by atoms with E-state index in [0.29, 0.717) is 28.6 Å². The van der Waals surface area contributed by atoms with Crippen molar-refractivity contribution in [3.8, 4) is 11.5 Å². The lowest BCUT2D eigenvalue weighted by Gasteiger charge is -2.14. The molecule has 0 aromatic heterocycles. The van der Waals surface area contributed by atoms with Gasteiger partial charge in [-0.05, 0) is 67.9 Å². The molecule has 3 rings (SSSR count). The number of halogens is 2. The molecule has 3 aromatic rings. The fraction of sp³-hybridized carbons (Fsp3) is 0.192. The van der Waals surface area contributed by atoms with Crippen molar-refractivity contribution in [2.24, 2.45) is 5.10 Å². The van der Waals surface area contributed by atoms with Gasteiger partial charge in [-0.25, -0.2) is 5.43 Å². The van der Waals surface area contributed by atoms with Crippen LogP contribution in [0, 0.1) is 6.92 Å². The Balaban J connectivity index is 1.56. The van der Waals surface area contributed by atoms with Crippen LogP contribution in [-0.2, 0) is 9.59 Å². The molecule has 2 N–H and O–H groups in total. The van der Waals surface area contributed by atoms with Gasteiger partial charge in [0.05, 0.1) is 23.6 Å². The second kappa shape index (κ2) is 13.8. The second-order valence-corrected chi connectivity index (χ2v) is 9.39. The molecule has 0 unspecified atom stereocenters. The number of hydrogen-bond donors (Lipinski definition) is 2. The zero-order valence-electron chi connectivity index (χ0n) is 19.7. The first-order valence-corrected chi connectivity index (χ1v) is 12.7. The highest BCUT2D eigenvalue weighted by Crippen LogP contribution is 2.36. The number of anilines is 1. The number of thioether (sulfide) groups is 1. The maximum atomic E-state index is 12.3. The van der Waals surface area contributed by atoms with E-state index in [4.69, 9.17) is 32.7 Å². The van der Waals surface area contributed by atoms with E-state index in [1.807, 2.05) is 50.2 Å². The van der Waals surface area contributed by atoms with Gasteiger partial charge in [0.15, 0.2) is 18.1 Å². The molecule has 0 fully saturated rings. The normalized spacial score (nSPS) is 10.8. The molecule has 36 heavy (non-hydrogen) atoms. The zero-order valence-corrected chi connectivity index (χ0v) is 22.0. The van der Waals surface area contributed by atoms with Gasteiger partial charge >= 0.3 is 0 Å². The van der Waals surface area contributed by atoms with E-state index in [-0.39, 0.29) is 34.9 Å². The molecular weight excluding hydrogens is 521 g/mol. The smallest absolute Gasteiger partial charge is 0.262 e. The van der Waals surface area contributed by atoms with Gasteiger partial charge in [0.25, 0.3) is 5.91 Å². The lowest BCUT2D eigenvalue weighted by Crippen LogP contribution is -2.20. The quantitative estimate of drug-likeness (QED) is 0.176. The summed E-state index contributed by atoms with van der Waals surface area (Å²) in [7, 11) is 0. The van der Waals surface area contributed by atoms with E-state index in [1.165, 1.54) is 18.0 Å². The fourth-order valence-corrected chi connectivity index (χ4v) is 4.02. The number of carbonyl (C=O) groups is 2. The Morgan fingerprint density at radius 1 is 1.00 bits per heavy atom. The van der Waals surface area contributed by atoms with Crippen LogP contribution in [0.4, 0.5) is 5.69 Å². The number of carbonyl (C=O) groups excluding carboxylic acids is 2. The van der Waals surface area contributed by atoms with Crippen LogP contribution < -0.4 is 20.2 Å². The van der Waals surface area contributed by atoms with Crippen molar-refractivity contribution in [3.05, 3.63) is 81.8 Å². The van der Waals surface area contributed by atoms with Gasteiger partial charge < -0.3 is 14.8 Å². The van der Waals surface area contributed by atoms with Crippen LogP contribution in [0.15, 0.2) is 70.7 Å². The van der Waals surface area contributed by atoms with Gasteiger partial charge in [-0.15, -0.1) is 11.8 Å². The van der Waals surface area contributed by atoms with Crippen molar-refractivity contribution in [1.29, 1.82) is 0 Å². The van der Waals surface area contributed by atoms with Crippen LogP contribution in [0.25, 0.3) is 0 Å². The van der Waals surface area contributed by atoms with Crippen molar-refractivity contribution in [1.82, 2.24) is 5.43 Å². The average molecular weight is 546 g/mol. The number of hydrazone groups is 1. The van der Waals surface area contributed by atoms with Gasteiger partial charge in [-0.3, -0.25) is 9.59 Å². The monoisotopic (exact) mass is 545 g/mol. The number of amides is 2. The Kier molecular flexibility index (Phi) is 10.5. The van der Waals surface area contributed by atoms with E-state index >= 15 is 0 Å². The summed E-state index contributed by atoms with van der Waals surface area (Å²) >= 11 is 13.6. The van der Waals surface area contributed by atoms with Crippen LogP contribution in [0.1, 0.15) is 18.1 Å². The predicted molar refractivity (Wildman–Crippen MR) is 146 cm³/mol. The Morgan fingerprint density at radius 2 is 1.72 bits per heavy atom. The first-order chi connectivity index (χ1) is 17.3. The average Bonchev–Trinajstić information content (AvgIpc) is 2.85. The Morgan fingerprint density at radius 3 is 2.42 bits per heavy atom. The second-order valence-electron chi connectivity index (χ2n) is 7.50. The third-order valence-electron chi connectivity index (χ3n) is 4.60. The highest BCUT2D eigenvalue weighted by molar-refractivity contribution is 8.00. The van der Waals surface area contributed by atoms with Crippen molar-refractivity contribution < 1.29 is 19.1 Å². The Labute approximate surface area is 224 Å². The number of aryl methyl sites for hydroxylation is 1. The number of nitrogens with zero attached hydrogens (tertiary/aromatic N) is 1. The van der Waals surface area contributed by atoms with Gasteiger partial charge in [0.2, 0.25) is 5.91 Å². The molecule has 0 atom stereocenters. The molecule has 0 aliphatic heterocycles. The van der Waals surface area contributed by atoms with E-state index in [9.17, 15) is 9.59 Å². The van der Waals surface area contributed by atoms with E-state index < -0.39 is 0 Å². The molecule has 0 heterocycles. The molecule has 0 radical (unpaired) electrons. The highest BCUT2D eigenvalue weighted by atomic mass is 35.5. The molecule has 2 amide bonds. The summed E-state index contributed by atoms with van der Waals surface area (Å²) in [6.45, 7) is 3.90. The van der Waals surface area contributed by atoms with Gasteiger partial charge in [0, 0.05) is 15.6 Å². The van der Waals surface area contributed by atoms with Crippen LogP contribution in [0.3, 0.4) is 0 Å². The van der Waals surface area contributed by atoms with Gasteiger partial charge in [0.1, 0.15) is 0 Å². The SMILES string of the molecule is CCOc1cc(/C=N\NC(=O)CSc2ccc(Cl)cc2)cc(Cl)c1OCC(=O)Nc1ccc(C)cc1. The summed E-state index contributed by atoms with van der Waals surface area (Å²) in [4.78, 5) is 25.3. The lowest BCUT2D eigenvalue weighted by atomic mass is 10.2. The first kappa shape index (κ1) is 27.4. The molecule has 0 aliphatic carbocycles. The van der Waals surface area contributed by atoms with E-state index in [0.717, 1.165) is 10.5 Å². The van der Waals surface area contributed by atoms with Crippen LogP contribution in [-0.4, -0.2) is 37.0 Å². The Hall–Kier alpha value is -3.20. The Bertz CT molecular complexity index is 1220. The molecular formula is C26H25Cl2N3O4S. The number of hydrogen-bond acceptors (Lipinski definition) is 6. The molecule has 188 valence electrons. The molecule has 0 spiro atoms. The molecule has 3 aromatic carbocycles. The molecule has 0 bridgehead atoms. The summed E-state index contributed by atoms with van der Waals surface area (Å²) in [5.41, 5.74) is 4.84. The predicted octanol–water partition coefficient (Wildman–Crippen LogP) is 5.96. The zero-order chi connectivity index (χ0) is 25.9. The third-order valence-corrected chi connectivity index (χ3v) is 6.15.